The van der Waals surface area contributed by atoms with Crippen LogP contribution < -0.4 is 0 Å². The fraction of sp³-hybridized carbons (Fsp3) is 0.333. The van der Waals surface area contributed by atoms with Crippen molar-refractivity contribution in [3.05, 3.63) is 40.9 Å². The van der Waals surface area contributed by atoms with Crippen LogP contribution in [0.25, 0.3) is 4.96 Å². The molecule has 18 heavy (non-hydrogen) atoms. The summed E-state index contributed by atoms with van der Waals surface area (Å²) in [6, 6.07) is 1.91. The number of imidazole rings is 1. The molecule has 5 nitrogen and oxygen atoms in total. The first-order valence-corrected chi connectivity index (χ1v) is 6.61. The lowest BCUT2D eigenvalue weighted by Gasteiger charge is -2.08. The van der Waals surface area contributed by atoms with E-state index >= 15 is 0 Å². The van der Waals surface area contributed by atoms with Gasteiger partial charge in [0.1, 0.15) is 6.10 Å². The number of nitrogens with zero attached hydrogens (tertiary/aromatic N) is 4. The highest BCUT2D eigenvalue weighted by molar-refractivity contribution is 7.15. The number of aliphatic hydroxyl groups excluding tert-OH is 1. The molecule has 0 aliphatic carbocycles. The van der Waals surface area contributed by atoms with Crippen molar-refractivity contribution in [3.8, 4) is 0 Å². The molecule has 6 heteroatoms. The van der Waals surface area contributed by atoms with Crippen LogP contribution in [0.3, 0.4) is 0 Å². The molecule has 0 spiro atoms. The van der Waals surface area contributed by atoms with Crippen molar-refractivity contribution in [1.82, 2.24) is 19.2 Å². The highest BCUT2D eigenvalue weighted by atomic mass is 32.1. The highest BCUT2D eigenvalue weighted by Crippen LogP contribution is 2.20. The molecule has 0 saturated carbocycles. The third-order valence-corrected chi connectivity index (χ3v) is 3.70. The van der Waals surface area contributed by atoms with Crippen molar-refractivity contribution >= 4 is 16.3 Å². The predicted octanol–water partition coefficient (Wildman–Crippen LogP) is 1.71. The van der Waals surface area contributed by atoms with Crippen molar-refractivity contribution in [3.63, 3.8) is 0 Å². The summed E-state index contributed by atoms with van der Waals surface area (Å²) in [6.07, 6.45) is 3.86. The number of thiazole rings is 1. The molecule has 0 aliphatic heterocycles. The van der Waals surface area contributed by atoms with E-state index in [-0.39, 0.29) is 0 Å². The van der Waals surface area contributed by atoms with Gasteiger partial charge in [-0.1, -0.05) is 0 Å². The molecule has 3 aromatic heterocycles. The Bertz CT molecular complexity index is 653. The highest BCUT2D eigenvalue weighted by Gasteiger charge is 2.15. The van der Waals surface area contributed by atoms with Gasteiger partial charge >= 0.3 is 0 Å². The third-order valence-electron chi connectivity index (χ3n) is 2.93. The normalized spacial score (nSPS) is 13.3. The van der Waals surface area contributed by atoms with E-state index in [1.165, 1.54) is 0 Å². The molecule has 1 unspecified atom stereocenters. The van der Waals surface area contributed by atoms with E-state index in [0.717, 1.165) is 22.0 Å². The second kappa shape index (κ2) is 4.22. The Morgan fingerprint density at radius 1 is 1.50 bits per heavy atom. The standard InChI is InChI=1S/C12H14N4OS/c1-8-5-10(15(2)14-8)11(17)6-9-7-16-3-4-18-12(16)13-9/h3-5,7,11,17H,6H2,1-2H3. The minimum Gasteiger partial charge on any atom is -0.386 e. The van der Waals surface area contributed by atoms with Gasteiger partial charge in [-0.25, -0.2) is 4.98 Å². The first-order chi connectivity index (χ1) is 8.63. The molecule has 94 valence electrons. The van der Waals surface area contributed by atoms with Crippen LogP contribution >= 0.6 is 11.3 Å². The maximum Gasteiger partial charge on any atom is 0.193 e. The summed E-state index contributed by atoms with van der Waals surface area (Å²) in [7, 11) is 1.84. The Hall–Kier alpha value is -1.66. The SMILES string of the molecule is Cc1cc(C(O)Cc2cn3ccsc3n2)n(C)n1. The number of rotatable bonds is 3. The summed E-state index contributed by atoms with van der Waals surface area (Å²) >= 11 is 1.59. The van der Waals surface area contributed by atoms with Gasteiger partial charge in [-0.2, -0.15) is 5.10 Å². The fourth-order valence-corrected chi connectivity index (χ4v) is 2.84. The molecule has 0 aromatic carbocycles. The largest absolute Gasteiger partial charge is 0.386 e. The van der Waals surface area contributed by atoms with Gasteiger partial charge in [-0.3, -0.25) is 9.08 Å². The first kappa shape index (κ1) is 11.4. The Balaban J connectivity index is 1.83. The number of aliphatic hydroxyl groups is 1. The predicted molar refractivity (Wildman–Crippen MR) is 69.7 cm³/mol. The zero-order valence-electron chi connectivity index (χ0n) is 10.2. The average molecular weight is 262 g/mol. The lowest BCUT2D eigenvalue weighted by molar-refractivity contribution is 0.167. The molecule has 0 aliphatic rings. The fourth-order valence-electron chi connectivity index (χ4n) is 2.12. The molecule has 0 fully saturated rings. The van der Waals surface area contributed by atoms with E-state index in [4.69, 9.17) is 0 Å². The van der Waals surface area contributed by atoms with Crippen molar-refractivity contribution in [1.29, 1.82) is 0 Å². The van der Waals surface area contributed by atoms with E-state index in [2.05, 4.69) is 10.1 Å². The number of hydrogen-bond donors (Lipinski definition) is 1. The average Bonchev–Trinajstić information content (AvgIpc) is 2.92. The van der Waals surface area contributed by atoms with Gasteiger partial charge in [0.05, 0.1) is 17.1 Å². The minimum atomic E-state index is -0.569. The number of aromatic nitrogens is 4. The molecule has 0 saturated heterocycles. The van der Waals surface area contributed by atoms with Gasteiger partial charge in [0, 0.05) is 31.2 Å². The van der Waals surface area contributed by atoms with Crippen LogP contribution in [0.1, 0.15) is 23.2 Å². The van der Waals surface area contributed by atoms with Crippen molar-refractivity contribution in [2.45, 2.75) is 19.4 Å². The molecule has 3 aromatic rings. The van der Waals surface area contributed by atoms with Crippen LogP contribution in [0.5, 0.6) is 0 Å². The van der Waals surface area contributed by atoms with Gasteiger partial charge in [0.25, 0.3) is 0 Å². The van der Waals surface area contributed by atoms with Gasteiger partial charge in [-0.05, 0) is 13.0 Å². The summed E-state index contributed by atoms with van der Waals surface area (Å²) in [5.41, 5.74) is 2.63. The van der Waals surface area contributed by atoms with Crippen LogP contribution in [0.2, 0.25) is 0 Å². The Morgan fingerprint density at radius 3 is 3.00 bits per heavy atom. The Morgan fingerprint density at radius 2 is 2.33 bits per heavy atom. The molecule has 0 amide bonds. The lowest BCUT2D eigenvalue weighted by Crippen LogP contribution is -2.08. The molecule has 0 radical (unpaired) electrons. The molecular formula is C12H14N4OS. The number of aryl methyl sites for hydroxylation is 2. The van der Waals surface area contributed by atoms with E-state index in [9.17, 15) is 5.11 Å². The van der Waals surface area contributed by atoms with Crippen LogP contribution in [0.15, 0.2) is 23.8 Å². The second-order valence-electron chi connectivity index (χ2n) is 4.38. The van der Waals surface area contributed by atoms with Gasteiger partial charge in [0.2, 0.25) is 0 Å². The van der Waals surface area contributed by atoms with Crippen LogP contribution in [-0.4, -0.2) is 24.3 Å². The molecule has 3 rings (SSSR count). The molecule has 1 N–H and O–H groups in total. The summed E-state index contributed by atoms with van der Waals surface area (Å²) in [5, 5.41) is 16.5. The van der Waals surface area contributed by atoms with E-state index in [1.54, 1.807) is 16.0 Å². The zero-order valence-corrected chi connectivity index (χ0v) is 11.1. The Kier molecular flexibility index (Phi) is 2.68. The topological polar surface area (TPSA) is 55.4 Å². The maximum atomic E-state index is 10.2. The van der Waals surface area contributed by atoms with Gasteiger partial charge in [-0.15, -0.1) is 11.3 Å². The van der Waals surface area contributed by atoms with Crippen molar-refractivity contribution in [2.75, 3.05) is 0 Å². The van der Waals surface area contributed by atoms with Crippen LogP contribution in [0.4, 0.5) is 0 Å². The number of fused-ring (bicyclic) bond motifs is 1. The Labute approximate surface area is 108 Å². The minimum absolute atomic E-state index is 0.507. The maximum absolute atomic E-state index is 10.2. The summed E-state index contributed by atoms with van der Waals surface area (Å²) < 4.78 is 3.69. The smallest absolute Gasteiger partial charge is 0.193 e. The first-order valence-electron chi connectivity index (χ1n) is 5.73. The second-order valence-corrected chi connectivity index (χ2v) is 5.25. The molecule has 0 bridgehead atoms. The molecular weight excluding hydrogens is 248 g/mol. The van der Waals surface area contributed by atoms with Crippen LogP contribution in [-0.2, 0) is 13.5 Å². The quantitative estimate of drug-likeness (QED) is 0.782. The van der Waals surface area contributed by atoms with Gasteiger partial charge in [0.15, 0.2) is 4.96 Å². The summed E-state index contributed by atoms with van der Waals surface area (Å²) in [6.45, 7) is 1.92. The van der Waals surface area contributed by atoms with E-state index < -0.39 is 6.10 Å². The van der Waals surface area contributed by atoms with E-state index in [1.807, 2.05) is 42.2 Å². The number of hydrogen-bond acceptors (Lipinski definition) is 4. The van der Waals surface area contributed by atoms with E-state index in [0.29, 0.717) is 6.42 Å². The molecule has 1 atom stereocenters. The summed E-state index contributed by atoms with van der Waals surface area (Å²) in [4.78, 5) is 5.42. The third kappa shape index (κ3) is 1.93. The lowest BCUT2D eigenvalue weighted by atomic mass is 10.1. The van der Waals surface area contributed by atoms with Gasteiger partial charge < -0.3 is 5.11 Å². The monoisotopic (exact) mass is 262 g/mol. The zero-order chi connectivity index (χ0) is 12.7. The van der Waals surface area contributed by atoms with Crippen molar-refractivity contribution in [2.24, 2.45) is 7.05 Å². The van der Waals surface area contributed by atoms with Crippen LogP contribution in [0, 0.1) is 6.92 Å². The summed E-state index contributed by atoms with van der Waals surface area (Å²) in [5.74, 6) is 0. The van der Waals surface area contributed by atoms with Crippen molar-refractivity contribution < 1.29 is 5.11 Å². The molecule has 3 heterocycles.